The van der Waals surface area contributed by atoms with Gasteiger partial charge in [0, 0.05) is 0 Å². The number of furan rings is 1. The molecule has 0 radical (unpaired) electrons. The fourth-order valence-corrected chi connectivity index (χ4v) is 1.54. The Morgan fingerprint density at radius 1 is 1.54 bits per heavy atom. The summed E-state index contributed by atoms with van der Waals surface area (Å²) in [7, 11) is 0. The van der Waals surface area contributed by atoms with Gasteiger partial charge >= 0.3 is 0 Å². The second kappa shape index (κ2) is 3.06. The summed E-state index contributed by atoms with van der Waals surface area (Å²) in [5.41, 5.74) is 6.41. The molecule has 2 heterocycles. The first-order valence-corrected chi connectivity index (χ1v) is 4.72. The summed E-state index contributed by atoms with van der Waals surface area (Å²) in [5, 5.41) is 3.66. The molecule has 0 bridgehead atoms. The highest BCUT2D eigenvalue weighted by Gasteiger charge is 2.14. The van der Waals surface area contributed by atoms with Crippen molar-refractivity contribution in [2.75, 3.05) is 5.73 Å². The molecule has 0 aromatic carbocycles. The molecular formula is C8H7IN2O2. The molecule has 13 heavy (non-hydrogen) atoms. The summed E-state index contributed by atoms with van der Waals surface area (Å²) < 4.78 is 11.0. The molecule has 5 heteroatoms. The molecule has 2 rings (SSSR count). The lowest BCUT2D eigenvalue weighted by Gasteiger charge is -1.87. The van der Waals surface area contributed by atoms with E-state index < -0.39 is 0 Å². The Labute approximate surface area is 88.2 Å². The number of nitrogens with zero attached hydrogens (tertiary/aromatic N) is 1. The first-order chi connectivity index (χ1) is 6.18. The number of nitrogens with two attached hydrogens (primary N) is 1. The standard InChI is InChI=1S/C8H7IN2O2/c1-4-2-5(3-12-4)7-6(9)8(10)11-13-7/h2-3H,1H3,(H2,10,11). The maximum absolute atomic E-state index is 5.54. The van der Waals surface area contributed by atoms with Crippen LogP contribution in [-0.2, 0) is 0 Å². The van der Waals surface area contributed by atoms with Gasteiger partial charge in [0.2, 0.25) is 0 Å². The van der Waals surface area contributed by atoms with E-state index in [1.165, 1.54) is 0 Å². The zero-order chi connectivity index (χ0) is 9.42. The minimum absolute atomic E-state index is 0.412. The average molecular weight is 290 g/mol. The largest absolute Gasteiger partial charge is 0.469 e. The topological polar surface area (TPSA) is 65.2 Å². The molecule has 0 saturated heterocycles. The Hall–Kier alpha value is -0.980. The molecule has 0 aliphatic heterocycles. The molecule has 0 fully saturated rings. The van der Waals surface area contributed by atoms with Crippen molar-refractivity contribution >= 4 is 28.4 Å². The van der Waals surface area contributed by atoms with Crippen molar-refractivity contribution in [3.05, 3.63) is 21.7 Å². The molecule has 68 valence electrons. The van der Waals surface area contributed by atoms with Crippen LogP contribution < -0.4 is 5.73 Å². The van der Waals surface area contributed by atoms with Gasteiger partial charge in [-0.2, -0.15) is 0 Å². The molecular weight excluding hydrogens is 283 g/mol. The number of aryl methyl sites for hydroxylation is 1. The lowest BCUT2D eigenvalue weighted by Crippen LogP contribution is -1.85. The molecule has 0 atom stereocenters. The Balaban J connectivity index is 2.52. The number of rotatable bonds is 1. The summed E-state index contributed by atoms with van der Waals surface area (Å²) in [4.78, 5) is 0. The number of hydrogen-bond acceptors (Lipinski definition) is 4. The van der Waals surface area contributed by atoms with Gasteiger partial charge in [0.05, 0.1) is 5.56 Å². The quantitative estimate of drug-likeness (QED) is 0.819. The van der Waals surface area contributed by atoms with Crippen LogP contribution in [-0.4, -0.2) is 5.16 Å². The maximum atomic E-state index is 5.54. The third kappa shape index (κ3) is 1.43. The maximum Gasteiger partial charge on any atom is 0.185 e. The number of aromatic nitrogens is 1. The molecule has 2 aromatic rings. The van der Waals surface area contributed by atoms with Gasteiger partial charge in [-0.15, -0.1) is 0 Å². The van der Waals surface area contributed by atoms with Crippen molar-refractivity contribution in [3.8, 4) is 11.3 Å². The van der Waals surface area contributed by atoms with Gasteiger partial charge in [-0.05, 0) is 35.6 Å². The second-order valence-corrected chi connectivity index (χ2v) is 3.74. The summed E-state index contributed by atoms with van der Waals surface area (Å²) in [6.07, 6.45) is 1.62. The molecule has 2 N–H and O–H groups in total. The highest BCUT2D eigenvalue weighted by molar-refractivity contribution is 14.1. The Morgan fingerprint density at radius 3 is 2.77 bits per heavy atom. The first kappa shape index (κ1) is 8.61. The summed E-state index contributed by atoms with van der Waals surface area (Å²) in [6, 6.07) is 1.88. The first-order valence-electron chi connectivity index (χ1n) is 3.64. The number of hydrogen-bond donors (Lipinski definition) is 1. The van der Waals surface area contributed by atoms with Crippen LogP contribution in [0.15, 0.2) is 21.3 Å². The Morgan fingerprint density at radius 2 is 2.31 bits per heavy atom. The highest BCUT2D eigenvalue weighted by Crippen LogP contribution is 2.29. The monoisotopic (exact) mass is 290 g/mol. The van der Waals surface area contributed by atoms with E-state index in [0.29, 0.717) is 11.6 Å². The van der Waals surface area contributed by atoms with Gasteiger partial charge in [-0.25, -0.2) is 0 Å². The van der Waals surface area contributed by atoms with Gasteiger partial charge in [0.25, 0.3) is 0 Å². The number of halogens is 1. The zero-order valence-electron chi connectivity index (χ0n) is 6.87. The van der Waals surface area contributed by atoms with Crippen molar-refractivity contribution in [3.63, 3.8) is 0 Å². The fourth-order valence-electron chi connectivity index (χ4n) is 1.03. The van der Waals surface area contributed by atoms with Crippen molar-refractivity contribution < 1.29 is 8.94 Å². The Bertz CT molecular complexity index is 433. The van der Waals surface area contributed by atoms with Crippen LogP contribution in [0.3, 0.4) is 0 Å². The minimum atomic E-state index is 0.412. The van der Waals surface area contributed by atoms with Gasteiger partial charge < -0.3 is 14.7 Å². The van der Waals surface area contributed by atoms with Crippen molar-refractivity contribution in [1.82, 2.24) is 5.16 Å². The zero-order valence-corrected chi connectivity index (χ0v) is 9.03. The molecule has 2 aromatic heterocycles. The van der Waals surface area contributed by atoms with E-state index in [1.807, 2.05) is 13.0 Å². The summed E-state index contributed by atoms with van der Waals surface area (Å²) in [5.74, 6) is 1.91. The Kier molecular flexibility index (Phi) is 2.03. The molecule has 0 spiro atoms. The summed E-state index contributed by atoms with van der Waals surface area (Å²) >= 11 is 2.09. The summed E-state index contributed by atoms with van der Waals surface area (Å²) in [6.45, 7) is 1.87. The third-order valence-electron chi connectivity index (χ3n) is 1.65. The van der Waals surface area contributed by atoms with Gasteiger partial charge in [-0.3, -0.25) is 0 Å². The smallest absolute Gasteiger partial charge is 0.185 e. The van der Waals surface area contributed by atoms with Crippen LogP contribution in [0.2, 0.25) is 0 Å². The van der Waals surface area contributed by atoms with Crippen LogP contribution in [0.4, 0.5) is 5.82 Å². The molecule has 0 unspecified atom stereocenters. The molecule has 4 nitrogen and oxygen atoms in total. The third-order valence-corrected chi connectivity index (χ3v) is 2.69. The van der Waals surface area contributed by atoms with E-state index in [1.54, 1.807) is 6.26 Å². The van der Waals surface area contributed by atoms with Crippen molar-refractivity contribution in [2.45, 2.75) is 6.92 Å². The highest BCUT2D eigenvalue weighted by atomic mass is 127. The predicted molar refractivity (Wildman–Crippen MR) is 56.1 cm³/mol. The average Bonchev–Trinajstić information content (AvgIpc) is 2.62. The predicted octanol–water partition coefficient (Wildman–Crippen LogP) is 2.43. The van der Waals surface area contributed by atoms with Gasteiger partial charge in [-0.1, -0.05) is 5.16 Å². The number of nitrogen functional groups attached to an aromatic ring is 1. The van der Waals surface area contributed by atoms with E-state index in [-0.39, 0.29) is 0 Å². The fraction of sp³-hybridized carbons (Fsp3) is 0.125. The number of anilines is 1. The lowest BCUT2D eigenvalue weighted by atomic mass is 10.2. The van der Waals surface area contributed by atoms with E-state index >= 15 is 0 Å². The van der Waals surface area contributed by atoms with Crippen LogP contribution in [0.25, 0.3) is 11.3 Å². The van der Waals surface area contributed by atoms with Crippen molar-refractivity contribution in [2.24, 2.45) is 0 Å². The van der Waals surface area contributed by atoms with E-state index in [0.717, 1.165) is 14.9 Å². The molecule has 0 amide bonds. The normalized spacial score (nSPS) is 10.6. The van der Waals surface area contributed by atoms with E-state index in [9.17, 15) is 0 Å². The molecule has 0 aliphatic rings. The van der Waals surface area contributed by atoms with Crippen LogP contribution in [0, 0.1) is 10.5 Å². The molecule has 0 aliphatic carbocycles. The van der Waals surface area contributed by atoms with Gasteiger partial charge in [0.15, 0.2) is 11.6 Å². The van der Waals surface area contributed by atoms with Crippen LogP contribution in [0.5, 0.6) is 0 Å². The second-order valence-electron chi connectivity index (χ2n) is 2.66. The SMILES string of the molecule is Cc1cc(-c2onc(N)c2I)co1. The van der Waals surface area contributed by atoms with Crippen LogP contribution >= 0.6 is 22.6 Å². The lowest BCUT2D eigenvalue weighted by molar-refractivity contribution is 0.434. The van der Waals surface area contributed by atoms with E-state index in [4.69, 9.17) is 14.7 Å². The van der Waals surface area contributed by atoms with Crippen LogP contribution in [0.1, 0.15) is 5.76 Å². The minimum Gasteiger partial charge on any atom is -0.469 e. The molecule has 0 saturated carbocycles. The van der Waals surface area contributed by atoms with Gasteiger partial charge in [0.1, 0.15) is 15.6 Å². The van der Waals surface area contributed by atoms with Crippen molar-refractivity contribution in [1.29, 1.82) is 0 Å². The van der Waals surface area contributed by atoms with E-state index in [2.05, 4.69) is 27.7 Å².